The molecule has 1 atom stereocenters. The second kappa shape index (κ2) is 8.88. The summed E-state index contributed by atoms with van der Waals surface area (Å²) in [5.41, 5.74) is 0.761. The van der Waals surface area contributed by atoms with Gasteiger partial charge in [0, 0.05) is 43.9 Å². The Morgan fingerprint density at radius 2 is 1.67 bits per heavy atom. The molecule has 0 bridgehead atoms. The maximum Gasteiger partial charge on any atom is 0.163 e. The van der Waals surface area contributed by atoms with Crippen LogP contribution in [0.1, 0.15) is 37.3 Å². The smallest absolute Gasteiger partial charge is 0.163 e. The van der Waals surface area contributed by atoms with Crippen molar-refractivity contribution >= 4 is 12.4 Å². The molecule has 136 valence electrons. The van der Waals surface area contributed by atoms with Gasteiger partial charge in [0.05, 0.1) is 14.2 Å². The number of piperazine rings is 1. The minimum Gasteiger partial charge on any atom is -0.493 e. The summed E-state index contributed by atoms with van der Waals surface area (Å²) in [4.78, 5) is 2.44. The van der Waals surface area contributed by atoms with Crippen LogP contribution in [-0.2, 0) is 0 Å². The van der Waals surface area contributed by atoms with Gasteiger partial charge < -0.3 is 14.8 Å². The zero-order valence-electron chi connectivity index (χ0n) is 14.5. The van der Waals surface area contributed by atoms with Crippen LogP contribution in [0.5, 0.6) is 11.5 Å². The molecule has 1 N–H and O–H groups in total. The lowest BCUT2D eigenvalue weighted by Gasteiger charge is -2.39. The van der Waals surface area contributed by atoms with E-state index in [9.17, 15) is 4.39 Å². The van der Waals surface area contributed by atoms with Crippen molar-refractivity contribution in [2.75, 3.05) is 40.4 Å². The molecule has 1 aromatic carbocycles. The summed E-state index contributed by atoms with van der Waals surface area (Å²) in [5.74, 6) is 1.42. The van der Waals surface area contributed by atoms with Crippen molar-refractivity contribution in [2.24, 2.45) is 5.92 Å². The number of hydrogen-bond donors (Lipinski definition) is 1. The van der Waals surface area contributed by atoms with Gasteiger partial charge in [-0.25, -0.2) is 4.39 Å². The molecular formula is C18H28ClFN2O2. The Balaban J connectivity index is 0.00000208. The van der Waals surface area contributed by atoms with Gasteiger partial charge in [-0.1, -0.05) is 12.8 Å². The van der Waals surface area contributed by atoms with E-state index in [1.807, 2.05) is 6.07 Å². The zero-order valence-corrected chi connectivity index (χ0v) is 15.3. The fourth-order valence-electron chi connectivity index (χ4n) is 4.08. The van der Waals surface area contributed by atoms with Crippen molar-refractivity contribution in [1.29, 1.82) is 0 Å². The Bertz CT molecular complexity index is 532. The first-order valence-electron chi connectivity index (χ1n) is 8.60. The summed E-state index contributed by atoms with van der Waals surface area (Å²) in [6.07, 6.45) is 4.87. The highest BCUT2D eigenvalue weighted by Crippen LogP contribution is 2.43. The molecule has 6 heteroatoms. The molecule has 2 aliphatic rings. The molecule has 2 fully saturated rings. The molecule has 0 unspecified atom stereocenters. The molecule has 0 amide bonds. The summed E-state index contributed by atoms with van der Waals surface area (Å²) < 4.78 is 25.5. The van der Waals surface area contributed by atoms with Crippen LogP contribution < -0.4 is 14.8 Å². The Hall–Kier alpha value is -1.04. The minimum absolute atomic E-state index is 0. The van der Waals surface area contributed by atoms with Gasteiger partial charge in [0.15, 0.2) is 11.5 Å². The van der Waals surface area contributed by atoms with Crippen LogP contribution in [0.25, 0.3) is 0 Å². The topological polar surface area (TPSA) is 33.7 Å². The molecule has 4 nitrogen and oxygen atoms in total. The van der Waals surface area contributed by atoms with E-state index in [0.717, 1.165) is 31.7 Å². The lowest BCUT2D eigenvalue weighted by Crippen LogP contribution is -2.46. The van der Waals surface area contributed by atoms with E-state index in [1.165, 1.54) is 31.7 Å². The van der Waals surface area contributed by atoms with E-state index < -0.39 is 0 Å². The second-order valence-corrected chi connectivity index (χ2v) is 6.50. The monoisotopic (exact) mass is 358 g/mol. The Morgan fingerprint density at radius 1 is 1.08 bits per heavy atom. The molecule has 1 aliphatic carbocycles. The molecule has 1 aromatic rings. The maximum absolute atomic E-state index is 14.8. The average molecular weight is 359 g/mol. The highest BCUT2D eigenvalue weighted by Gasteiger charge is 2.34. The van der Waals surface area contributed by atoms with Gasteiger partial charge in [0.25, 0.3) is 0 Å². The molecule has 3 rings (SSSR count). The van der Waals surface area contributed by atoms with Gasteiger partial charge in [-0.05, 0) is 24.8 Å². The number of nitrogens with zero attached hydrogens (tertiary/aromatic N) is 1. The third-order valence-corrected chi connectivity index (χ3v) is 5.21. The van der Waals surface area contributed by atoms with E-state index in [-0.39, 0.29) is 24.3 Å². The summed E-state index contributed by atoms with van der Waals surface area (Å²) in [7, 11) is 3.15. The SMILES string of the molecule is COc1cc(F)c([C@H](C2CCCC2)N2CCNCC2)cc1OC.Cl. The summed E-state index contributed by atoms with van der Waals surface area (Å²) in [6.45, 7) is 3.88. The van der Waals surface area contributed by atoms with Crippen molar-refractivity contribution in [1.82, 2.24) is 10.2 Å². The highest BCUT2D eigenvalue weighted by molar-refractivity contribution is 5.85. The van der Waals surface area contributed by atoms with E-state index in [0.29, 0.717) is 17.4 Å². The lowest BCUT2D eigenvalue weighted by atomic mass is 9.89. The number of hydrogen-bond acceptors (Lipinski definition) is 4. The summed E-state index contributed by atoms with van der Waals surface area (Å²) >= 11 is 0. The minimum atomic E-state index is -0.182. The highest BCUT2D eigenvalue weighted by atomic mass is 35.5. The maximum atomic E-state index is 14.8. The molecule has 0 aromatic heterocycles. The largest absolute Gasteiger partial charge is 0.493 e. The third-order valence-electron chi connectivity index (χ3n) is 5.21. The number of methoxy groups -OCH3 is 2. The molecule has 1 saturated heterocycles. The second-order valence-electron chi connectivity index (χ2n) is 6.50. The molecular weight excluding hydrogens is 331 g/mol. The number of nitrogens with one attached hydrogen (secondary N) is 1. The molecule has 24 heavy (non-hydrogen) atoms. The van der Waals surface area contributed by atoms with Gasteiger partial charge in [-0.15, -0.1) is 12.4 Å². The Labute approximate surface area is 150 Å². The lowest BCUT2D eigenvalue weighted by molar-refractivity contribution is 0.122. The van der Waals surface area contributed by atoms with E-state index in [2.05, 4.69) is 10.2 Å². The first kappa shape index (κ1) is 19.3. The summed E-state index contributed by atoms with van der Waals surface area (Å²) in [6, 6.07) is 3.46. The number of ether oxygens (including phenoxy) is 2. The normalized spacial score (nSPS) is 20.5. The first-order valence-corrected chi connectivity index (χ1v) is 8.60. The first-order chi connectivity index (χ1) is 11.2. The van der Waals surface area contributed by atoms with Crippen molar-refractivity contribution < 1.29 is 13.9 Å². The van der Waals surface area contributed by atoms with E-state index >= 15 is 0 Å². The Morgan fingerprint density at radius 3 is 2.25 bits per heavy atom. The Kier molecular flexibility index (Phi) is 7.14. The molecule has 0 radical (unpaired) electrons. The van der Waals surface area contributed by atoms with Crippen LogP contribution in [-0.4, -0.2) is 45.3 Å². The van der Waals surface area contributed by atoms with Crippen molar-refractivity contribution in [3.8, 4) is 11.5 Å². The van der Waals surface area contributed by atoms with Crippen molar-refractivity contribution in [3.63, 3.8) is 0 Å². The van der Waals surface area contributed by atoms with E-state index in [4.69, 9.17) is 9.47 Å². The van der Waals surface area contributed by atoms with Gasteiger partial charge in [-0.3, -0.25) is 4.90 Å². The number of halogens is 2. The molecule has 1 aliphatic heterocycles. The van der Waals surface area contributed by atoms with Crippen LogP contribution >= 0.6 is 12.4 Å². The van der Waals surface area contributed by atoms with Crippen molar-refractivity contribution in [2.45, 2.75) is 31.7 Å². The van der Waals surface area contributed by atoms with Gasteiger partial charge in [-0.2, -0.15) is 0 Å². The molecule has 1 heterocycles. The van der Waals surface area contributed by atoms with Gasteiger partial charge in [0.2, 0.25) is 0 Å². The quantitative estimate of drug-likeness (QED) is 0.874. The van der Waals surface area contributed by atoms with Gasteiger partial charge in [0.1, 0.15) is 5.82 Å². The van der Waals surface area contributed by atoms with Crippen LogP contribution in [0.2, 0.25) is 0 Å². The van der Waals surface area contributed by atoms with Crippen LogP contribution in [0.4, 0.5) is 4.39 Å². The third kappa shape index (κ3) is 3.95. The summed E-state index contributed by atoms with van der Waals surface area (Å²) in [5, 5.41) is 3.39. The van der Waals surface area contributed by atoms with Crippen LogP contribution in [0.3, 0.4) is 0 Å². The standard InChI is InChI=1S/C18H27FN2O2.ClH/c1-22-16-11-14(15(19)12-17(16)23-2)18(13-5-3-4-6-13)21-9-7-20-8-10-21;/h11-13,18,20H,3-10H2,1-2H3;1H/t18-;/m0./s1. The zero-order chi connectivity index (χ0) is 16.2. The number of rotatable bonds is 5. The fraction of sp³-hybridized carbons (Fsp3) is 0.667. The van der Waals surface area contributed by atoms with Crippen LogP contribution in [0, 0.1) is 11.7 Å². The van der Waals surface area contributed by atoms with Gasteiger partial charge >= 0.3 is 0 Å². The molecule has 1 saturated carbocycles. The fourth-order valence-corrected chi connectivity index (χ4v) is 4.08. The predicted octanol–water partition coefficient (Wildman–Crippen LogP) is 3.40. The molecule has 0 spiro atoms. The van der Waals surface area contributed by atoms with Crippen molar-refractivity contribution in [3.05, 3.63) is 23.5 Å². The average Bonchev–Trinajstić information content (AvgIpc) is 3.11. The van der Waals surface area contributed by atoms with Crippen LogP contribution in [0.15, 0.2) is 12.1 Å². The predicted molar refractivity (Wildman–Crippen MR) is 95.9 cm³/mol. The van der Waals surface area contributed by atoms with E-state index in [1.54, 1.807) is 14.2 Å². The number of benzene rings is 1.